The first-order chi connectivity index (χ1) is 21.5. The van der Waals surface area contributed by atoms with Gasteiger partial charge in [0.25, 0.3) is 5.91 Å². The maximum atomic E-state index is 14.0. The minimum atomic E-state index is -0.159. The summed E-state index contributed by atoms with van der Waals surface area (Å²) in [5.41, 5.74) is 7.76. The average Bonchev–Trinajstić information content (AvgIpc) is 3.62. The van der Waals surface area contributed by atoms with Gasteiger partial charge in [-0.15, -0.1) is 11.8 Å². The molecule has 1 aliphatic heterocycles. The minimum absolute atomic E-state index is 0.159. The van der Waals surface area contributed by atoms with Crippen LogP contribution >= 0.6 is 11.8 Å². The first-order valence-electron chi connectivity index (χ1n) is 14.8. The number of anilines is 1. The highest BCUT2D eigenvalue weighted by Crippen LogP contribution is 2.33. The molecule has 220 valence electrons. The highest BCUT2D eigenvalue weighted by atomic mass is 32.2. The lowest BCUT2D eigenvalue weighted by atomic mass is 10.0. The fourth-order valence-corrected chi connectivity index (χ4v) is 5.84. The van der Waals surface area contributed by atoms with Crippen molar-refractivity contribution in [2.45, 2.75) is 32.1 Å². The number of rotatable bonds is 10. The SMILES string of the molecule is CCCOc1ccc(-c2nn(-c3ccccc3)cc2/C=C2\C(=O)N(c3ccccc3)N=C2CSc2ccc(C)cc2)cc1C. The standard InChI is InChI=1S/C37H34N4O2S/c1-4-21-43-35-20-17-28(22-27(35)3)36-29(24-40(39-36)30-11-7-5-8-12-30)23-33-34(25-44-32-18-15-26(2)16-19-32)38-41(37(33)42)31-13-9-6-10-14-31/h5-20,22-24H,4,21,25H2,1-3H3/b33-23-. The van der Waals surface area contributed by atoms with Crippen LogP contribution in [-0.2, 0) is 4.79 Å². The van der Waals surface area contributed by atoms with Crippen LogP contribution < -0.4 is 9.75 Å². The van der Waals surface area contributed by atoms with Crippen LogP contribution in [0.5, 0.6) is 5.75 Å². The molecule has 0 saturated heterocycles. The fraction of sp³-hybridized carbons (Fsp3) is 0.162. The van der Waals surface area contributed by atoms with Crippen LogP contribution in [0.1, 0.15) is 30.0 Å². The van der Waals surface area contributed by atoms with E-state index < -0.39 is 0 Å². The van der Waals surface area contributed by atoms with E-state index in [9.17, 15) is 4.79 Å². The summed E-state index contributed by atoms with van der Waals surface area (Å²) in [4.78, 5) is 15.1. The van der Waals surface area contributed by atoms with Crippen LogP contribution in [0.25, 0.3) is 23.0 Å². The number of amides is 1. The predicted octanol–water partition coefficient (Wildman–Crippen LogP) is 8.52. The highest BCUT2D eigenvalue weighted by molar-refractivity contribution is 8.00. The Kier molecular flexibility index (Phi) is 8.75. The molecule has 0 aliphatic carbocycles. The summed E-state index contributed by atoms with van der Waals surface area (Å²) in [5, 5.41) is 11.4. The third kappa shape index (κ3) is 6.38. The molecule has 1 aliphatic rings. The van der Waals surface area contributed by atoms with Crippen LogP contribution in [-0.4, -0.2) is 33.8 Å². The van der Waals surface area contributed by atoms with Crippen LogP contribution in [0.3, 0.4) is 0 Å². The molecular formula is C37H34N4O2S. The number of carbonyl (C=O) groups is 1. The van der Waals surface area contributed by atoms with Gasteiger partial charge in [0.1, 0.15) is 5.75 Å². The molecule has 6 rings (SSSR count). The van der Waals surface area contributed by atoms with Gasteiger partial charge < -0.3 is 4.74 Å². The fourth-order valence-electron chi connectivity index (χ4n) is 5.00. The second-order valence-electron chi connectivity index (χ2n) is 10.7. The molecule has 7 heteroatoms. The Hall–Kier alpha value is -4.88. The van der Waals surface area contributed by atoms with E-state index >= 15 is 0 Å². The Bertz CT molecular complexity index is 1830. The molecule has 0 unspecified atom stereocenters. The van der Waals surface area contributed by atoms with Crippen molar-refractivity contribution >= 4 is 35.1 Å². The zero-order valence-corrected chi connectivity index (χ0v) is 25.9. The van der Waals surface area contributed by atoms with Gasteiger partial charge >= 0.3 is 0 Å². The van der Waals surface area contributed by atoms with E-state index in [1.807, 2.05) is 96.7 Å². The highest BCUT2D eigenvalue weighted by Gasteiger charge is 2.31. The van der Waals surface area contributed by atoms with E-state index in [1.54, 1.807) is 11.8 Å². The number of aryl methyl sites for hydroxylation is 2. The third-order valence-electron chi connectivity index (χ3n) is 7.32. The molecule has 4 aromatic carbocycles. The van der Waals surface area contributed by atoms with Crippen molar-refractivity contribution in [2.75, 3.05) is 17.4 Å². The summed E-state index contributed by atoms with van der Waals surface area (Å²) < 4.78 is 7.80. The Morgan fingerprint density at radius 3 is 2.25 bits per heavy atom. The zero-order valence-electron chi connectivity index (χ0n) is 25.1. The van der Waals surface area contributed by atoms with Gasteiger partial charge in [-0.25, -0.2) is 4.68 Å². The Morgan fingerprint density at radius 2 is 1.57 bits per heavy atom. The van der Waals surface area contributed by atoms with Crippen molar-refractivity contribution in [2.24, 2.45) is 5.10 Å². The monoisotopic (exact) mass is 598 g/mol. The van der Waals surface area contributed by atoms with E-state index in [-0.39, 0.29) is 5.91 Å². The zero-order chi connectivity index (χ0) is 30.5. The van der Waals surface area contributed by atoms with E-state index in [4.69, 9.17) is 14.9 Å². The summed E-state index contributed by atoms with van der Waals surface area (Å²) in [7, 11) is 0. The van der Waals surface area contributed by atoms with Gasteiger partial charge in [-0.1, -0.05) is 61.0 Å². The number of hydrazone groups is 1. The molecule has 0 radical (unpaired) electrons. The topological polar surface area (TPSA) is 59.7 Å². The molecule has 0 N–H and O–H groups in total. The maximum absolute atomic E-state index is 14.0. The molecule has 0 spiro atoms. The second kappa shape index (κ2) is 13.2. The third-order valence-corrected chi connectivity index (χ3v) is 8.35. The van der Waals surface area contributed by atoms with Crippen molar-refractivity contribution < 1.29 is 9.53 Å². The number of thioether (sulfide) groups is 1. The van der Waals surface area contributed by atoms with Gasteiger partial charge in [-0.3, -0.25) is 4.79 Å². The van der Waals surface area contributed by atoms with Gasteiger partial charge in [-0.2, -0.15) is 15.2 Å². The van der Waals surface area contributed by atoms with E-state index in [2.05, 4.69) is 44.2 Å². The van der Waals surface area contributed by atoms with Crippen molar-refractivity contribution in [1.82, 2.24) is 9.78 Å². The lowest BCUT2D eigenvalue weighted by Crippen LogP contribution is -2.21. The van der Waals surface area contributed by atoms with Gasteiger partial charge in [0.15, 0.2) is 0 Å². The molecule has 2 heterocycles. The largest absolute Gasteiger partial charge is 0.493 e. The minimum Gasteiger partial charge on any atom is -0.493 e. The number of hydrogen-bond acceptors (Lipinski definition) is 5. The predicted molar refractivity (Wildman–Crippen MR) is 181 cm³/mol. The van der Waals surface area contributed by atoms with E-state index in [0.29, 0.717) is 17.9 Å². The average molecular weight is 599 g/mol. The van der Waals surface area contributed by atoms with Gasteiger partial charge in [0.2, 0.25) is 0 Å². The summed E-state index contributed by atoms with van der Waals surface area (Å²) in [6.45, 7) is 6.89. The Balaban J connectivity index is 1.43. The van der Waals surface area contributed by atoms with Crippen LogP contribution in [0.4, 0.5) is 5.69 Å². The first-order valence-corrected chi connectivity index (χ1v) is 15.8. The van der Waals surface area contributed by atoms with Gasteiger partial charge in [0, 0.05) is 28.0 Å². The molecule has 0 saturated carbocycles. The first kappa shape index (κ1) is 29.2. The molecule has 0 fully saturated rings. The van der Waals surface area contributed by atoms with E-state index in [0.717, 1.165) is 56.5 Å². The van der Waals surface area contributed by atoms with Crippen LogP contribution in [0, 0.1) is 13.8 Å². The molecule has 6 nitrogen and oxygen atoms in total. The van der Waals surface area contributed by atoms with Crippen molar-refractivity contribution in [3.63, 3.8) is 0 Å². The number of carbonyl (C=O) groups excluding carboxylic acids is 1. The second-order valence-corrected chi connectivity index (χ2v) is 11.7. The summed E-state index contributed by atoms with van der Waals surface area (Å²) in [6.07, 6.45) is 4.87. The number of nitrogens with zero attached hydrogens (tertiary/aromatic N) is 4. The molecule has 5 aromatic rings. The lowest BCUT2D eigenvalue weighted by Gasteiger charge is -2.11. The summed E-state index contributed by atoms with van der Waals surface area (Å²) in [5.74, 6) is 1.26. The Labute approximate surface area is 262 Å². The van der Waals surface area contributed by atoms with Gasteiger partial charge in [0.05, 0.1) is 35.0 Å². The molecule has 0 atom stereocenters. The van der Waals surface area contributed by atoms with E-state index in [1.165, 1.54) is 10.6 Å². The number of hydrogen-bond donors (Lipinski definition) is 0. The van der Waals surface area contributed by atoms with Crippen LogP contribution in [0.15, 0.2) is 125 Å². The number of benzene rings is 4. The molecule has 1 aromatic heterocycles. The van der Waals surface area contributed by atoms with Crippen molar-refractivity contribution in [3.05, 3.63) is 132 Å². The lowest BCUT2D eigenvalue weighted by molar-refractivity contribution is -0.114. The number of ether oxygens (including phenoxy) is 1. The van der Waals surface area contributed by atoms with Crippen LogP contribution in [0.2, 0.25) is 0 Å². The maximum Gasteiger partial charge on any atom is 0.280 e. The quantitative estimate of drug-likeness (QED) is 0.119. The number of aromatic nitrogens is 2. The summed E-state index contributed by atoms with van der Waals surface area (Å²) in [6, 6.07) is 34.1. The summed E-state index contributed by atoms with van der Waals surface area (Å²) >= 11 is 1.67. The smallest absolute Gasteiger partial charge is 0.280 e. The van der Waals surface area contributed by atoms with Crippen molar-refractivity contribution in [1.29, 1.82) is 0 Å². The molecule has 44 heavy (non-hydrogen) atoms. The van der Waals surface area contributed by atoms with Gasteiger partial charge in [-0.05, 0) is 86.5 Å². The molecular weight excluding hydrogens is 565 g/mol. The molecule has 0 bridgehead atoms. The molecule has 1 amide bonds. The normalized spacial score (nSPS) is 13.9. The van der Waals surface area contributed by atoms with Crippen molar-refractivity contribution in [3.8, 4) is 22.7 Å². The Morgan fingerprint density at radius 1 is 0.864 bits per heavy atom. The number of para-hydroxylation sites is 2.